The number of ether oxygens (including phenoxy) is 4. The van der Waals surface area contributed by atoms with E-state index >= 15 is 0 Å². The largest absolute Gasteiger partial charge is 0.474 e. The van der Waals surface area contributed by atoms with E-state index in [1.54, 1.807) is 43.9 Å². The zero-order chi connectivity index (χ0) is 38.0. The molecule has 2 amide bonds. The van der Waals surface area contributed by atoms with Crippen molar-refractivity contribution in [1.29, 1.82) is 0 Å². The first kappa shape index (κ1) is 39.2. The van der Waals surface area contributed by atoms with Gasteiger partial charge in [-0.1, -0.05) is 12.1 Å². The third kappa shape index (κ3) is 9.69. The minimum absolute atomic E-state index is 0.0382. The molecule has 2 fully saturated rings. The van der Waals surface area contributed by atoms with Gasteiger partial charge in [0.1, 0.15) is 36.4 Å². The van der Waals surface area contributed by atoms with Crippen molar-refractivity contribution >= 4 is 23.7 Å². The van der Waals surface area contributed by atoms with Crippen LogP contribution in [-0.4, -0.2) is 126 Å². The molecule has 0 N–H and O–H groups in total. The molecule has 16 heteroatoms. The molecule has 4 heterocycles. The van der Waals surface area contributed by atoms with Crippen molar-refractivity contribution in [2.75, 3.05) is 57.4 Å². The third-order valence-corrected chi connectivity index (χ3v) is 9.27. The maximum Gasteiger partial charge on any atom is 0.410 e. The molecule has 2 saturated heterocycles. The molecule has 12 nitrogen and oxygen atoms in total. The molecule has 1 aromatic heterocycles. The Morgan fingerprint density at radius 1 is 1.00 bits per heavy atom. The standard InChI is InChI=1S/C36H47F4N5O7/c1-22-15-43(28(17-44(22)34(48)52-35(4,5)6)16-42-11-12-49-21-31(42)36(38,39)40)18-32(47)45-23(2)19-51-33-30(45)14-26(29(41-33)20-50-24(3)46)13-25-7-9-27(37)10-8-25/h7-10,14,22-23,28,31H,11-13,15-21H2,1-6H3/t22-,23+,28+,31?/m1/s1. The van der Waals surface area contributed by atoms with Crippen LogP contribution in [0.25, 0.3) is 0 Å². The first-order chi connectivity index (χ1) is 24.4. The Hall–Kier alpha value is -4.02. The second-order valence-electron chi connectivity index (χ2n) is 14.6. The van der Waals surface area contributed by atoms with E-state index in [0.717, 1.165) is 5.56 Å². The fraction of sp³-hybridized carbons (Fsp3) is 0.611. The first-order valence-electron chi connectivity index (χ1n) is 17.4. The van der Waals surface area contributed by atoms with Gasteiger partial charge in [-0.25, -0.2) is 14.2 Å². The number of amides is 2. The third-order valence-electron chi connectivity index (χ3n) is 9.27. The monoisotopic (exact) mass is 737 g/mol. The fourth-order valence-electron chi connectivity index (χ4n) is 6.73. The summed E-state index contributed by atoms with van der Waals surface area (Å²) in [7, 11) is 0. The fourth-order valence-corrected chi connectivity index (χ4v) is 6.73. The minimum atomic E-state index is -4.53. The van der Waals surface area contributed by atoms with E-state index in [0.29, 0.717) is 23.4 Å². The highest BCUT2D eigenvalue weighted by Gasteiger charge is 2.47. The minimum Gasteiger partial charge on any atom is -0.474 e. The maximum absolute atomic E-state index is 14.4. The van der Waals surface area contributed by atoms with Gasteiger partial charge in [0.15, 0.2) is 0 Å². The van der Waals surface area contributed by atoms with Crippen LogP contribution in [0.5, 0.6) is 5.88 Å². The lowest BCUT2D eigenvalue weighted by Gasteiger charge is -2.48. The Labute approximate surface area is 300 Å². The molecular formula is C36H47F4N5O7. The Balaban J connectivity index is 1.45. The van der Waals surface area contributed by atoms with E-state index in [9.17, 15) is 31.9 Å². The molecule has 4 atom stereocenters. The van der Waals surface area contributed by atoms with Gasteiger partial charge in [0.25, 0.3) is 0 Å². The van der Waals surface area contributed by atoms with Crippen molar-refractivity contribution in [3.05, 3.63) is 53.0 Å². The second kappa shape index (κ2) is 15.9. The van der Waals surface area contributed by atoms with Gasteiger partial charge >= 0.3 is 18.2 Å². The molecule has 1 aromatic carbocycles. The van der Waals surface area contributed by atoms with Crippen molar-refractivity contribution in [2.45, 2.75) is 90.5 Å². The highest BCUT2D eigenvalue weighted by atomic mass is 19.4. The Kier molecular flexibility index (Phi) is 12.0. The lowest BCUT2D eigenvalue weighted by molar-refractivity contribution is -0.214. The predicted molar refractivity (Wildman–Crippen MR) is 181 cm³/mol. The molecule has 3 aliphatic rings. The summed E-state index contributed by atoms with van der Waals surface area (Å²) in [5.41, 5.74) is 1.40. The number of anilines is 1. The zero-order valence-corrected chi connectivity index (χ0v) is 30.4. The number of hydrogen-bond acceptors (Lipinski definition) is 10. The number of hydrogen-bond donors (Lipinski definition) is 0. The van der Waals surface area contributed by atoms with Gasteiger partial charge < -0.3 is 28.7 Å². The number of alkyl halides is 3. The molecule has 0 radical (unpaired) electrons. The highest BCUT2D eigenvalue weighted by Crippen LogP contribution is 2.36. The molecule has 0 aliphatic carbocycles. The average molecular weight is 738 g/mol. The number of pyridine rings is 1. The number of piperazine rings is 1. The van der Waals surface area contributed by atoms with Crippen molar-refractivity contribution in [3.63, 3.8) is 0 Å². The van der Waals surface area contributed by atoms with Gasteiger partial charge in [-0.2, -0.15) is 13.2 Å². The van der Waals surface area contributed by atoms with Gasteiger partial charge in [0.2, 0.25) is 11.8 Å². The number of morpholine rings is 1. The average Bonchev–Trinajstić information content (AvgIpc) is 3.04. The molecule has 2 aromatic rings. The Morgan fingerprint density at radius 2 is 1.71 bits per heavy atom. The molecule has 5 rings (SSSR count). The number of halogens is 4. The van der Waals surface area contributed by atoms with Crippen molar-refractivity contribution < 1.29 is 50.9 Å². The lowest BCUT2D eigenvalue weighted by Crippen LogP contribution is -2.65. The Bertz CT molecular complexity index is 1600. The first-order valence-corrected chi connectivity index (χ1v) is 17.4. The van der Waals surface area contributed by atoms with Crippen LogP contribution < -0.4 is 9.64 Å². The number of carbonyl (C=O) groups excluding carboxylic acids is 3. The van der Waals surface area contributed by atoms with Gasteiger partial charge in [0.05, 0.1) is 31.5 Å². The van der Waals surface area contributed by atoms with Crippen LogP contribution in [0.15, 0.2) is 30.3 Å². The Morgan fingerprint density at radius 3 is 2.37 bits per heavy atom. The molecule has 0 spiro atoms. The van der Waals surface area contributed by atoms with Crippen LogP contribution >= 0.6 is 0 Å². The van der Waals surface area contributed by atoms with Gasteiger partial charge in [-0.15, -0.1) is 0 Å². The number of aromatic nitrogens is 1. The van der Waals surface area contributed by atoms with Crippen LogP contribution in [-0.2, 0) is 36.8 Å². The predicted octanol–water partition coefficient (Wildman–Crippen LogP) is 4.56. The summed E-state index contributed by atoms with van der Waals surface area (Å²) in [5, 5.41) is 0. The number of carbonyl (C=O) groups is 3. The van der Waals surface area contributed by atoms with Crippen molar-refractivity contribution in [1.82, 2.24) is 19.7 Å². The van der Waals surface area contributed by atoms with Crippen LogP contribution in [0.1, 0.15) is 58.4 Å². The van der Waals surface area contributed by atoms with Gasteiger partial charge in [0, 0.05) is 45.2 Å². The van der Waals surface area contributed by atoms with Crippen LogP contribution in [0.2, 0.25) is 0 Å². The van der Waals surface area contributed by atoms with E-state index in [-0.39, 0.29) is 64.3 Å². The molecular weight excluding hydrogens is 690 g/mol. The smallest absolute Gasteiger partial charge is 0.410 e. The van der Waals surface area contributed by atoms with Crippen LogP contribution in [0, 0.1) is 5.82 Å². The summed E-state index contributed by atoms with van der Waals surface area (Å²) >= 11 is 0. The van der Waals surface area contributed by atoms with Crippen LogP contribution in [0.3, 0.4) is 0 Å². The van der Waals surface area contributed by atoms with E-state index < -0.39 is 60.4 Å². The number of nitrogens with zero attached hydrogens (tertiary/aromatic N) is 5. The number of benzene rings is 1. The molecule has 52 heavy (non-hydrogen) atoms. The van der Waals surface area contributed by atoms with E-state index in [4.69, 9.17) is 18.9 Å². The zero-order valence-electron chi connectivity index (χ0n) is 30.4. The SMILES string of the molecule is CC(=O)OCc1nc2c(cc1Cc1ccc(F)cc1)N(C(=O)CN1C[C@@H](C)N(C(=O)OC(C)(C)C)C[C@@H]1CN1CCOCC1C(F)(F)F)[C@@H](C)CO2. The van der Waals surface area contributed by atoms with Crippen molar-refractivity contribution in [3.8, 4) is 5.88 Å². The summed E-state index contributed by atoms with van der Waals surface area (Å²) in [4.78, 5) is 50.2. The highest BCUT2D eigenvalue weighted by molar-refractivity contribution is 5.97. The topological polar surface area (TPSA) is 114 Å². The summed E-state index contributed by atoms with van der Waals surface area (Å²) in [6, 6.07) is 4.35. The quantitative estimate of drug-likeness (QED) is 0.282. The molecule has 0 bridgehead atoms. The van der Waals surface area contributed by atoms with Gasteiger partial charge in [-0.3, -0.25) is 19.4 Å². The number of esters is 1. The van der Waals surface area contributed by atoms with E-state index in [2.05, 4.69) is 4.98 Å². The van der Waals surface area contributed by atoms with Crippen molar-refractivity contribution in [2.24, 2.45) is 0 Å². The van der Waals surface area contributed by atoms with Gasteiger partial charge in [-0.05, 0) is 70.4 Å². The summed E-state index contributed by atoms with van der Waals surface area (Å²) in [6.07, 6.45) is -4.82. The van der Waals surface area contributed by atoms with E-state index in [1.807, 2.05) is 18.7 Å². The van der Waals surface area contributed by atoms with Crippen LogP contribution in [0.4, 0.5) is 28.0 Å². The molecule has 286 valence electrons. The molecule has 3 aliphatic heterocycles. The lowest BCUT2D eigenvalue weighted by atomic mass is 10.0. The second-order valence-corrected chi connectivity index (χ2v) is 14.6. The molecule has 1 unspecified atom stereocenters. The molecule has 0 saturated carbocycles. The summed E-state index contributed by atoms with van der Waals surface area (Å²) in [5.74, 6) is -1.07. The number of fused-ring (bicyclic) bond motifs is 1. The normalized spacial score (nSPS) is 23.1. The summed E-state index contributed by atoms with van der Waals surface area (Å²) < 4.78 is 78.0. The maximum atomic E-state index is 14.4. The summed E-state index contributed by atoms with van der Waals surface area (Å²) in [6.45, 7) is 9.78. The van der Waals surface area contributed by atoms with E-state index in [1.165, 1.54) is 28.9 Å². The number of rotatable bonds is 8.